The molecular weight excluding hydrogens is 773 g/mol. The monoisotopic (exact) mass is 820 g/mol. The number of hydrogen-bond acceptors (Lipinski definition) is 11. The number of carbonyl (C=O) groups is 2. The van der Waals surface area contributed by atoms with Gasteiger partial charge in [-0.05, 0) is 60.4 Å². The van der Waals surface area contributed by atoms with Crippen molar-refractivity contribution in [1.29, 1.82) is 0 Å². The molecule has 1 aliphatic heterocycles. The Labute approximate surface area is 344 Å². The summed E-state index contributed by atoms with van der Waals surface area (Å²) in [6.07, 6.45) is 8.21. The number of sulfonamides is 1. The summed E-state index contributed by atoms with van der Waals surface area (Å²) in [5.74, 6) is 3.23. The number of aromatic nitrogens is 2. The van der Waals surface area contributed by atoms with Crippen molar-refractivity contribution < 1.29 is 32.2 Å². The van der Waals surface area contributed by atoms with E-state index in [4.69, 9.17) is 20.6 Å². The molecule has 2 heterocycles. The number of nitrogens with zero attached hydrogens (tertiary/aromatic N) is 4. The van der Waals surface area contributed by atoms with E-state index in [0.717, 1.165) is 24.9 Å². The number of methoxy groups -OCH3 is 1. The van der Waals surface area contributed by atoms with Crippen molar-refractivity contribution in [1.82, 2.24) is 19.9 Å². The maximum absolute atomic E-state index is 14.0. The minimum absolute atomic E-state index is 0.137. The Morgan fingerprint density at radius 3 is 2.37 bits per heavy atom. The zero-order chi connectivity index (χ0) is 42.3. The highest BCUT2D eigenvalue weighted by Crippen LogP contribution is 2.40. The van der Waals surface area contributed by atoms with Crippen LogP contribution in [-0.2, 0) is 20.2 Å². The average Bonchev–Trinajstić information content (AvgIpc) is 3.20. The van der Waals surface area contributed by atoms with Crippen molar-refractivity contribution in [3.8, 4) is 29.7 Å². The second kappa shape index (κ2) is 18.0. The van der Waals surface area contributed by atoms with Gasteiger partial charge in [0.1, 0.15) is 5.75 Å². The lowest BCUT2D eigenvalue weighted by molar-refractivity contribution is 0.0259. The van der Waals surface area contributed by atoms with E-state index >= 15 is 0 Å². The molecule has 0 spiro atoms. The quantitative estimate of drug-likeness (QED) is 0.0717. The van der Waals surface area contributed by atoms with Gasteiger partial charge in [0.15, 0.2) is 5.75 Å². The summed E-state index contributed by atoms with van der Waals surface area (Å²) < 4.78 is 44.3. The van der Waals surface area contributed by atoms with Gasteiger partial charge in [0.2, 0.25) is 21.9 Å². The van der Waals surface area contributed by atoms with Crippen LogP contribution in [0.4, 0.5) is 27.8 Å². The molecule has 1 atom stereocenters. The molecule has 16 heteroatoms. The zero-order valence-electron chi connectivity index (χ0n) is 33.8. The van der Waals surface area contributed by atoms with Gasteiger partial charge in [-0.25, -0.2) is 23.2 Å². The normalized spacial score (nSPS) is 13.8. The third-order valence-corrected chi connectivity index (χ3v) is 10.1. The molecule has 15 nitrogen and oxygen atoms in total. The van der Waals surface area contributed by atoms with Gasteiger partial charge in [0, 0.05) is 53.8 Å². The first-order valence-corrected chi connectivity index (χ1v) is 20.8. The molecule has 1 saturated heterocycles. The van der Waals surface area contributed by atoms with Gasteiger partial charge in [-0.15, -0.1) is 6.42 Å². The molecule has 0 bridgehead atoms. The molecule has 1 aliphatic rings. The van der Waals surface area contributed by atoms with Crippen molar-refractivity contribution in [3.05, 3.63) is 102 Å². The number of morpholine rings is 1. The van der Waals surface area contributed by atoms with Gasteiger partial charge in [-0.3, -0.25) is 19.8 Å². The average molecular weight is 821 g/mol. The van der Waals surface area contributed by atoms with E-state index in [1.165, 1.54) is 18.3 Å². The number of terminal acetylenes is 1. The Bertz CT molecular complexity index is 2490. The van der Waals surface area contributed by atoms with Crippen molar-refractivity contribution in [2.75, 3.05) is 67.0 Å². The van der Waals surface area contributed by atoms with Gasteiger partial charge >= 0.3 is 6.03 Å². The molecule has 1 aromatic heterocycles. The highest BCUT2D eigenvalue weighted by Gasteiger charge is 2.27. The predicted molar refractivity (Wildman–Crippen MR) is 230 cm³/mol. The van der Waals surface area contributed by atoms with E-state index in [2.05, 4.69) is 41.6 Å². The number of hydrazine groups is 1. The molecule has 308 valence electrons. The number of anilines is 4. The predicted octanol–water partition coefficient (Wildman–Crippen LogP) is 6.92. The van der Waals surface area contributed by atoms with E-state index in [-0.39, 0.29) is 46.3 Å². The maximum Gasteiger partial charge on any atom is 0.323 e. The summed E-state index contributed by atoms with van der Waals surface area (Å²) in [6.45, 7) is 11.2. The maximum atomic E-state index is 14.0. The van der Waals surface area contributed by atoms with Crippen LogP contribution in [0, 0.1) is 12.3 Å². The van der Waals surface area contributed by atoms with Crippen LogP contribution in [-0.4, -0.2) is 92.5 Å². The molecule has 0 radical (unpaired) electrons. The Hall–Kier alpha value is -6.41. The fourth-order valence-electron chi connectivity index (χ4n) is 6.55. The summed E-state index contributed by atoms with van der Waals surface area (Å²) in [6, 6.07) is 21.8. The number of rotatable bonds is 13. The summed E-state index contributed by atoms with van der Waals surface area (Å²) in [5, 5.41) is 8.59. The van der Waals surface area contributed by atoms with Crippen LogP contribution in [0.25, 0.3) is 10.8 Å². The Morgan fingerprint density at radius 2 is 1.68 bits per heavy atom. The van der Waals surface area contributed by atoms with Crippen LogP contribution < -0.4 is 30.3 Å². The molecule has 0 unspecified atom stereocenters. The van der Waals surface area contributed by atoms with Crippen LogP contribution >= 0.6 is 0 Å². The number of benzene rings is 4. The van der Waals surface area contributed by atoms with Crippen molar-refractivity contribution in [2.24, 2.45) is 0 Å². The number of nitrogens with one attached hydrogen (secondary N) is 4. The van der Waals surface area contributed by atoms with E-state index in [9.17, 15) is 18.0 Å². The number of urea groups is 1. The van der Waals surface area contributed by atoms with Gasteiger partial charge in [0.25, 0.3) is 5.91 Å². The van der Waals surface area contributed by atoms with Gasteiger partial charge < -0.3 is 24.8 Å². The number of hydrogen-bond donors (Lipinski definition) is 4. The molecule has 4 aromatic carbocycles. The standard InChI is InChI=1S/C43H48N8O7S/c1-8-29-12-11-13-30(24-29)40(52)51(28(2)27-50-20-22-57-23-21-50)48-41-44-19-18-38(47-41)58-37-17-16-34(32-14-9-10-15-33(32)37)45-42(53)46-35-25-31(43(3,4)5)26-36(39(35)56-6)49-59(7,54)55/h1,9-19,24-26,28,49H,20-23,27H2,2-7H3,(H,44,47,48)(H2,45,46,53)/t28-/m0/s1. The lowest BCUT2D eigenvalue weighted by atomic mass is 9.86. The molecule has 4 N–H and O–H groups in total. The van der Waals surface area contributed by atoms with Crippen LogP contribution in [0.2, 0.25) is 0 Å². The molecular formula is C43H48N8O7S. The number of ether oxygens (including phenoxy) is 3. The summed E-state index contributed by atoms with van der Waals surface area (Å²) >= 11 is 0. The van der Waals surface area contributed by atoms with Gasteiger partial charge in [-0.2, -0.15) is 4.98 Å². The molecule has 6 rings (SSSR count). The first-order valence-electron chi connectivity index (χ1n) is 18.9. The Morgan fingerprint density at radius 1 is 0.966 bits per heavy atom. The first-order chi connectivity index (χ1) is 28.1. The molecule has 0 saturated carbocycles. The molecule has 59 heavy (non-hydrogen) atoms. The van der Waals surface area contributed by atoms with Gasteiger partial charge in [0.05, 0.1) is 49.7 Å². The summed E-state index contributed by atoms with van der Waals surface area (Å²) in [5.41, 5.74) is 5.47. The highest BCUT2D eigenvalue weighted by atomic mass is 32.2. The minimum atomic E-state index is -3.66. The smallest absolute Gasteiger partial charge is 0.323 e. The van der Waals surface area contributed by atoms with E-state index in [1.54, 1.807) is 54.6 Å². The lowest BCUT2D eigenvalue weighted by Gasteiger charge is -2.35. The van der Waals surface area contributed by atoms with E-state index in [1.807, 2.05) is 52.0 Å². The van der Waals surface area contributed by atoms with Gasteiger partial charge in [-0.1, -0.05) is 57.0 Å². The second-order valence-electron chi connectivity index (χ2n) is 15.1. The molecule has 5 aromatic rings. The van der Waals surface area contributed by atoms with Crippen molar-refractivity contribution >= 4 is 55.7 Å². The van der Waals surface area contributed by atoms with E-state index < -0.39 is 16.1 Å². The third kappa shape index (κ3) is 10.8. The summed E-state index contributed by atoms with van der Waals surface area (Å²) in [7, 11) is -2.26. The Balaban J connectivity index is 1.23. The number of fused-ring (bicyclic) bond motifs is 1. The molecule has 1 fully saturated rings. The SMILES string of the molecule is C#Cc1cccc(C(=O)N(Nc2nccc(Oc3ccc(NC(=O)Nc4cc(C(C)(C)C)cc(NS(C)(=O)=O)c4OC)c4ccccc34)n2)[C@@H](C)CN2CCOCC2)c1. The minimum Gasteiger partial charge on any atom is -0.492 e. The summed E-state index contributed by atoms with van der Waals surface area (Å²) in [4.78, 5) is 38.8. The Kier molecular flexibility index (Phi) is 12.9. The van der Waals surface area contributed by atoms with Crippen molar-refractivity contribution in [2.45, 2.75) is 39.2 Å². The van der Waals surface area contributed by atoms with Crippen LogP contribution in [0.5, 0.6) is 17.4 Å². The van der Waals surface area contributed by atoms with Crippen LogP contribution in [0.1, 0.15) is 49.2 Å². The third-order valence-electron chi connectivity index (χ3n) is 9.46. The number of carbonyl (C=O) groups excluding carboxylic acids is 2. The zero-order valence-corrected chi connectivity index (χ0v) is 34.6. The van der Waals surface area contributed by atoms with Crippen LogP contribution in [0.15, 0.2) is 85.1 Å². The van der Waals surface area contributed by atoms with Crippen molar-refractivity contribution in [3.63, 3.8) is 0 Å². The second-order valence-corrected chi connectivity index (χ2v) is 16.8. The van der Waals surface area contributed by atoms with Crippen LogP contribution in [0.3, 0.4) is 0 Å². The van der Waals surface area contributed by atoms with E-state index in [0.29, 0.717) is 53.1 Å². The largest absolute Gasteiger partial charge is 0.492 e. The molecule has 3 amide bonds. The lowest BCUT2D eigenvalue weighted by Crippen LogP contribution is -2.50. The topological polar surface area (TPSA) is 176 Å². The number of amides is 3. The fraction of sp³-hybridized carbons (Fsp3) is 0.302. The highest BCUT2D eigenvalue weighted by molar-refractivity contribution is 7.92. The fourth-order valence-corrected chi connectivity index (χ4v) is 7.10. The first kappa shape index (κ1) is 42.2. The molecule has 0 aliphatic carbocycles.